The lowest BCUT2D eigenvalue weighted by atomic mass is 10.1. The van der Waals surface area contributed by atoms with Crippen LogP contribution in [0.25, 0.3) is 0 Å². The number of hydrogen-bond donors (Lipinski definition) is 1. The molecule has 0 fully saturated rings. The SMILES string of the molecule is CCCc1nnc(NC(=O)COc2ccc(C(=O)CC)cc2)s1. The Morgan fingerprint density at radius 3 is 2.57 bits per heavy atom. The van der Waals surface area contributed by atoms with Gasteiger partial charge in [0.1, 0.15) is 10.8 Å². The molecule has 122 valence electrons. The zero-order valence-corrected chi connectivity index (χ0v) is 14.0. The van der Waals surface area contributed by atoms with Crippen molar-refractivity contribution in [2.75, 3.05) is 11.9 Å². The molecule has 1 amide bonds. The van der Waals surface area contributed by atoms with E-state index in [-0.39, 0.29) is 18.3 Å². The van der Waals surface area contributed by atoms with E-state index in [2.05, 4.69) is 22.4 Å². The van der Waals surface area contributed by atoms with E-state index in [1.807, 2.05) is 6.92 Å². The molecular weight excluding hydrogens is 314 g/mol. The van der Waals surface area contributed by atoms with Crippen molar-refractivity contribution in [3.8, 4) is 5.75 Å². The summed E-state index contributed by atoms with van der Waals surface area (Å²) >= 11 is 1.37. The molecule has 0 aliphatic rings. The van der Waals surface area contributed by atoms with Crippen molar-refractivity contribution in [2.45, 2.75) is 33.1 Å². The Kier molecular flexibility index (Phi) is 6.22. The van der Waals surface area contributed by atoms with E-state index in [9.17, 15) is 9.59 Å². The predicted octanol–water partition coefficient (Wildman–Crippen LogP) is 3.10. The summed E-state index contributed by atoms with van der Waals surface area (Å²) in [6.45, 7) is 3.76. The molecule has 2 aromatic rings. The largest absolute Gasteiger partial charge is 0.484 e. The van der Waals surface area contributed by atoms with Crippen molar-refractivity contribution in [3.63, 3.8) is 0 Å². The molecule has 6 nitrogen and oxygen atoms in total. The number of ether oxygens (including phenoxy) is 1. The zero-order valence-electron chi connectivity index (χ0n) is 13.2. The maximum absolute atomic E-state index is 11.8. The second-order valence-corrected chi connectivity index (χ2v) is 5.95. The highest BCUT2D eigenvalue weighted by molar-refractivity contribution is 7.15. The molecule has 0 bridgehead atoms. The second kappa shape index (κ2) is 8.38. The van der Waals surface area contributed by atoms with Crippen molar-refractivity contribution < 1.29 is 14.3 Å². The third-order valence-electron chi connectivity index (χ3n) is 3.04. The third kappa shape index (κ3) is 5.14. The molecule has 0 spiro atoms. The Morgan fingerprint density at radius 2 is 1.91 bits per heavy atom. The molecule has 0 unspecified atom stereocenters. The lowest BCUT2D eigenvalue weighted by molar-refractivity contribution is -0.118. The molecule has 1 heterocycles. The van der Waals surface area contributed by atoms with Crippen LogP contribution in [0.3, 0.4) is 0 Å². The Labute approximate surface area is 138 Å². The van der Waals surface area contributed by atoms with Crippen LogP contribution in [0, 0.1) is 0 Å². The number of rotatable bonds is 8. The van der Waals surface area contributed by atoms with Gasteiger partial charge in [0.25, 0.3) is 5.91 Å². The van der Waals surface area contributed by atoms with Crippen molar-refractivity contribution >= 4 is 28.2 Å². The van der Waals surface area contributed by atoms with Crippen molar-refractivity contribution in [1.29, 1.82) is 0 Å². The number of anilines is 1. The summed E-state index contributed by atoms with van der Waals surface area (Å²) in [6.07, 6.45) is 2.31. The maximum atomic E-state index is 11.8. The molecule has 23 heavy (non-hydrogen) atoms. The summed E-state index contributed by atoms with van der Waals surface area (Å²) < 4.78 is 5.40. The minimum Gasteiger partial charge on any atom is -0.484 e. The van der Waals surface area contributed by atoms with E-state index in [1.165, 1.54) is 11.3 Å². The van der Waals surface area contributed by atoms with Gasteiger partial charge < -0.3 is 4.74 Å². The van der Waals surface area contributed by atoms with Gasteiger partial charge in [-0.3, -0.25) is 14.9 Å². The fourth-order valence-corrected chi connectivity index (χ4v) is 2.72. The predicted molar refractivity (Wildman–Crippen MR) is 89.1 cm³/mol. The van der Waals surface area contributed by atoms with Gasteiger partial charge in [-0.05, 0) is 30.7 Å². The average molecular weight is 333 g/mol. The van der Waals surface area contributed by atoms with Crippen LogP contribution in [0.1, 0.15) is 42.1 Å². The first-order chi connectivity index (χ1) is 11.1. The Morgan fingerprint density at radius 1 is 1.17 bits per heavy atom. The summed E-state index contributed by atoms with van der Waals surface area (Å²) in [5.74, 6) is 0.322. The van der Waals surface area contributed by atoms with Crippen LogP contribution >= 0.6 is 11.3 Å². The number of benzene rings is 1. The number of ketones is 1. The number of hydrogen-bond acceptors (Lipinski definition) is 6. The van der Waals surface area contributed by atoms with Gasteiger partial charge in [-0.25, -0.2) is 0 Å². The zero-order chi connectivity index (χ0) is 16.7. The van der Waals surface area contributed by atoms with Gasteiger partial charge in [0, 0.05) is 18.4 Å². The molecule has 0 atom stereocenters. The van der Waals surface area contributed by atoms with Crippen LogP contribution in [0.2, 0.25) is 0 Å². The first kappa shape index (κ1) is 17.1. The van der Waals surface area contributed by atoms with Crippen LogP contribution in [0.15, 0.2) is 24.3 Å². The fourth-order valence-electron chi connectivity index (χ4n) is 1.86. The van der Waals surface area contributed by atoms with Crippen LogP contribution < -0.4 is 10.1 Å². The minimum atomic E-state index is -0.294. The lowest BCUT2D eigenvalue weighted by Gasteiger charge is -2.06. The minimum absolute atomic E-state index is 0.0773. The number of Topliss-reactive ketones (excluding diaryl/α,β-unsaturated/α-hetero) is 1. The second-order valence-electron chi connectivity index (χ2n) is 4.89. The van der Waals surface area contributed by atoms with Crippen molar-refractivity contribution in [2.24, 2.45) is 0 Å². The standard InChI is InChI=1S/C16H19N3O3S/c1-3-5-15-18-19-16(23-15)17-14(21)10-22-12-8-6-11(7-9-12)13(20)4-2/h6-9H,3-5,10H2,1-2H3,(H,17,19,21). The van der Waals surface area contributed by atoms with Crippen molar-refractivity contribution in [1.82, 2.24) is 10.2 Å². The van der Waals surface area contributed by atoms with E-state index >= 15 is 0 Å². The van der Waals surface area contributed by atoms with Crippen LogP contribution in [-0.2, 0) is 11.2 Å². The average Bonchev–Trinajstić information content (AvgIpc) is 3.00. The topological polar surface area (TPSA) is 81.2 Å². The van der Waals surface area contributed by atoms with Crippen molar-refractivity contribution in [3.05, 3.63) is 34.8 Å². The maximum Gasteiger partial charge on any atom is 0.264 e. The van der Waals surface area contributed by atoms with E-state index in [0.29, 0.717) is 22.9 Å². The van der Waals surface area contributed by atoms with Gasteiger partial charge >= 0.3 is 0 Å². The third-order valence-corrected chi connectivity index (χ3v) is 3.94. The molecule has 0 radical (unpaired) electrons. The van der Waals surface area contributed by atoms with Gasteiger partial charge in [-0.2, -0.15) is 0 Å². The lowest BCUT2D eigenvalue weighted by Crippen LogP contribution is -2.20. The van der Waals surface area contributed by atoms with Crippen LogP contribution in [0.4, 0.5) is 5.13 Å². The molecule has 0 saturated carbocycles. The van der Waals surface area contributed by atoms with Gasteiger partial charge in [0.2, 0.25) is 5.13 Å². The monoisotopic (exact) mass is 333 g/mol. The number of nitrogens with zero attached hydrogens (tertiary/aromatic N) is 2. The quantitative estimate of drug-likeness (QED) is 0.751. The normalized spacial score (nSPS) is 10.3. The fraction of sp³-hybridized carbons (Fsp3) is 0.375. The number of carbonyl (C=O) groups is 2. The highest BCUT2D eigenvalue weighted by atomic mass is 32.1. The van der Waals surface area contributed by atoms with Gasteiger partial charge in [0.15, 0.2) is 12.4 Å². The molecule has 0 saturated heterocycles. The van der Waals surface area contributed by atoms with Gasteiger partial charge in [-0.15, -0.1) is 10.2 Å². The van der Waals surface area contributed by atoms with E-state index in [0.717, 1.165) is 17.8 Å². The highest BCUT2D eigenvalue weighted by Crippen LogP contribution is 2.17. The number of aryl methyl sites for hydroxylation is 1. The molecule has 1 aromatic heterocycles. The Hall–Kier alpha value is -2.28. The van der Waals surface area contributed by atoms with Gasteiger partial charge in [0.05, 0.1) is 0 Å². The van der Waals surface area contributed by atoms with Crippen LogP contribution in [-0.4, -0.2) is 28.5 Å². The molecular formula is C16H19N3O3S. The molecule has 0 aliphatic carbocycles. The molecule has 7 heteroatoms. The van der Waals surface area contributed by atoms with E-state index < -0.39 is 0 Å². The number of amides is 1. The number of carbonyl (C=O) groups excluding carboxylic acids is 2. The summed E-state index contributed by atoms with van der Waals surface area (Å²) in [5.41, 5.74) is 0.640. The Balaban J connectivity index is 1.82. The smallest absolute Gasteiger partial charge is 0.264 e. The number of aromatic nitrogens is 2. The summed E-state index contributed by atoms with van der Waals surface area (Å²) in [4.78, 5) is 23.3. The number of nitrogens with one attached hydrogen (secondary N) is 1. The Bertz CT molecular complexity index is 667. The molecule has 0 aliphatic heterocycles. The van der Waals surface area contributed by atoms with Gasteiger partial charge in [-0.1, -0.05) is 25.2 Å². The first-order valence-corrected chi connectivity index (χ1v) is 8.32. The molecule has 1 aromatic carbocycles. The van der Waals surface area contributed by atoms with Crippen LogP contribution in [0.5, 0.6) is 5.75 Å². The first-order valence-electron chi connectivity index (χ1n) is 7.50. The van der Waals surface area contributed by atoms with E-state index in [4.69, 9.17) is 4.74 Å². The van der Waals surface area contributed by atoms with E-state index in [1.54, 1.807) is 24.3 Å². The summed E-state index contributed by atoms with van der Waals surface area (Å²) in [5, 5.41) is 11.9. The summed E-state index contributed by atoms with van der Waals surface area (Å²) in [7, 11) is 0. The highest BCUT2D eigenvalue weighted by Gasteiger charge is 2.09. The summed E-state index contributed by atoms with van der Waals surface area (Å²) in [6, 6.07) is 6.75. The molecule has 1 N–H and O–H groups in total. The molecule has 2 rings (SSSR count).